The maximum atomic E-state index is 11.0. The van der Waals surface area contributed by atoms with Crippen molar-refractivity contribution in [3.05, 3.63) is 30.1 Å². The van der Waals surface area contributed by atoms with Gasteiger partial charge in [0.1, 0.15) is 5.69 Å². The first-order valence-corrected chi connectivity index (χ1v) is 3.63. The van der Waals surface area contributed by atoms with Crippen molar-refractivity contribution in [1.82, 2.24) is 10.3 Å². The Morgan fingerprint density at radius 2 is 2.45 bits per heavy atom. The van der Waals surface area contributed by atoms with Crippen molar-refractivity contribution in [1.29, 1.82) is 0 Å². The lowest BCUT2D eigenvalue weighted by molar-refractivity contribution is 0.0955. The number of nitrogens with one attached hydrogen (secondary N) is 1. The largest absolute Gasteiger partial charge is 0.337 e. The average molecular weight is 171 g/mol. The fraction of sp³-hybridized carbons (Fsp3) is 0.143. The highest BCUT2D eigenvalue weighted by Crippen LogP contribution is 1.91. The Kier molecular flexibility index (Phi) is 2.86. The summed E-state index contributed by atoms with van der Waals surface area (Å²) in [6.07, 6.45) is 1.56. The van der Waals surface area contributed by atoms with Crippen molar-refractivity contribution in [2.45, 2.75) is 0 Å². The van der Waals surface area contributed by atoms with Gasteiger partial charge < -0.3 is 5.32 Å². The SMILES string of the molecule is O=C(NCCl)c1ccccn1. The minimum atomic E-state index is -0.249. The summed E-state index contributed by atoms with van der Waals surface area (Å²) in [5.41, 5.74) is 0.383. The molecule has 0 aromatic carbocycles. The zero-order valence-corrected chi connectivity index (χ0v) is 6.51. The van der Waals surface area contributed by atoms with Gasteiger partial charge in [-0.3, -0.25) is 9.78 Å². The van der Waals surface area contributed by atoms with Crippen molar-refractivity contribution < 1.29 is 4.79 Å². The second-order valence-electron chi connectivity index (χ2n) is 1.85. The molecule has 4 heteroatoms. The minimum Gasteiger partial charge on any atom is -0.337 e. The lowest BCUT2D eigenvalue weighted by atomic mass is 10.3. The molecule has 1 N–H and O–H groups in total. The number of amides is 1. The summed E-state index contributed by atoms with van der Waals surface area (Å²) in [4.78, 5) is 14.8. The molecule has 1 aromatic rings. The summed E-state index contributed by atoms with van der Waals surface area (Å²) in [7, 11) is 0. The number of aromatic nitrogens is 1. The average Bonchev–Trinajstić information content (AvgIpc) is 2.07. The fourth-order valence-corrected chi connectivity index (χ4v) is 0.770. The van der Waals surface area contributed by atoms with Crippen LogP contribution in [0.2, 0.25) is 0 Å². The molecule has 3 nitrogen and oxygen atoms in total. The number of carbonyl (C=O) groups is 1. The molecule has 0 aliphatic heterocycles. The van der Waals surface area contributed by atoms with Gasteiger partial charge in [0, 0.05) is 6.20 Å². The van der Waals surface area contributed by atoms with Crippen LogP contribution >= 0.6 is 11.6 Å². The number of halogens is 1. The van der Waals surface area contributed by atoms with E-state index in [9.17, 15) is 4.79 Å². The van der Waals surface area contributed by atoms with Crippen LogP contribution in [-0.2, 0) is 0 Å². The summed E-state index contributed by atoms with van der Waals surface area (Å²) in [5, 5.41) is 2.43. The normalized spacial score (nSPS) is 9.18. The molecule has 11 heavy (non-hydrogen) atoms. The number of carbonyl (C=O) groups excluding carboxylic acids is 1. The summed E-state index contributed by atoms with van der Waals surface area (Å²) >= 11 is 5.29. The monoisotopic (exact) mass is 170 g/mol. The molecule has 0 aliphatic carbocycles. The number of hydrogen-bond donors (Lipinski definition) is 1. The van der Waals surface area contributed by atoms with E-state index in [0.29, 0.717) is 5.69 Å². The number of rotatable bonds is 2. The second-order valence-corrected chi connectivity index (χ2v) is 2.12. The molecule has 1 aromatic heterocycles. The first kappa shape index (κ1) is 8.01. The molecule has 0 spiro atoms. The molecule has 0 saturated heterocycles. The van der Waals surface area contributed by atoms with Crippen LogP contribution in [0.15, 0.2) is 24.4 Å². The van der Waals surface area contributed by atoms with Gasteiger partial charge in [0.25, 0.3) is 5.91 Å². The highest BCUT2D eigenvalue weighted by atomic mass is 35.5. The van der Waals surface area contributed by atoms with Crippen molar-refractivity contribution in [3.63, 3.8) is 0 Å². The Bertz CT molecular complexity index is 237. The molecule has 0 atom stereocenters. The fourth-order valence-electron chi connectivity index (χ4n) is 0.648. The molecular weight excluding hydrogens is 164 g/mol. The van der Waals surface area contributed by atoms with E-state index in [1.807, 2.05) is 0 Å². The number of hydrogen-bond acceptors (Lipinski definition) is 2. The zero-order valence-electron chi connectivity index (χ0n) is 5.75. The predicted molar refractivity (Wildman–Crippen MR) is 42.4 cm³/mol. The maximum absolute atomic E-state index is 11.0. The third-order valence-electron chi connectivity index (χ3n) is 1.12. The van der Waals surface area contributed by atoms with Gasteiger partial charge >= 0.3 is 0 Å². The van der Waals surface area contributed by atoms with Crippen molar-refractivity contribution >= 4 is 17.5 Å². The van der Waals surface area contributed by atoms with E-state index in [0.717, 1.165) is 0 Å². The Hall–Kier alpha value is -1.09. The van der Waals surface area contributed by atoms with Crippen molar-refractivity contribution in [2.75, 3.05) is 6.00 Å². The molecule has 0 radical (unpaired) electrons. The van der Waals surface area contributed by atoms with Crippen LogP contribution in [0.1, 0.15) is 10.5 Å². The van der Waals surface area contributed by atoms with Crippen LogP contribution in [-0.4, -0.2) is 16.9 Å². The summed E-state index contributed by atoms with van der Waals surface area (Å²) in [6, 6.07) is 5.23. The Morgan fingerprint density at radius 1 is 1.64 bits per heavy atom. The molecule has 1 amide bonds. The topological polar surface area (TPSA) is 42.0 Å². The second kappa shape index (κ2) is 3.93. The van der Waals surface area contributed by atoms with Crippen LogP contribution in [0.3, 0.4) is 0 Å². The molecule has 0 aliphatic rings. The Balaban J connectivity index is 2.69. The van der Waals surface area contributed by atoms with Gasteiger partial charge in [-0.15, -0.1) is 11.6 Å². The quantitative estimate of drug-likeness (QED) is 0.532. The van der Waals surface area contributed by atoms with Gasteiger partial charge in [0.05, 0.1) is 6.00 Å². The molecule has 0 bridgehead atoms. The molecule has 1 rings (SSSR count). The van der Waals surface area contributed by atoms with E-state index in [1.54, 1.807) is 24.4 Å². The zero-order chi connectivity index (χ0) is 8.10. The van der Waals surface area contributed by atoms with Gasteiger partial charge in [-0.05, 0) is 12.1 Å². The van der Waals surface area contributed by atoms with Crippen LogP contribution in [0.25, 0.3) is 0 Å². The molecule has 0 saturated carbocycles. The third-order valence-corrected chi connectivity index (χ3v) is 1.26. The van der Waals surface area contributed by atoms with E-state index in [2.05, 4.69) is 10.3 Å². The van der Waals surface area contributed by atoms with E-state index in [4.69, 9.17) is 11.6 Å². The summed E-state index contributed by atoms with van der Waals surface area (Å²) < 4.78 is 0. The molecule has 0 fully saturated rings. The lowest BCUT2D eigenvalue weighted by Crippen LogP contribution is -2.22. The standard InChI is InChI=1S/C7H7ClN2O/c8-5-10-7(11)6-3-1-2-4-9-6/h1-4H,5H2,(H,10,11). The minimum absolute atomic E-state index is 0.107. The molecule has 58 valence electrons. The van der Waals surface area contributed by atoms with E-state index >= 15 is 0 Å². The maximum Gasteiger partial charge on any atom is 0.270 e. The van der Waals surface area contributed by atoms with Crippen molar-refractivity contribution in [3.8, 4) is 0 Å². The van der Waals surface area contributed by atoms with Crippen molar-refractivity contribution in [2.24, 2.45) is 0 Å². The number of nitrogens with zero attached hydrogens (tertiary/aromatic N) is 1. The summed E-state index contributed by atoms with van der Waals surface area (Å²) in [6.45, 7) is 0. The predicted octanol–water partition coefficient (Wildman–Crippen LogP) is 1.01. The van der Waals surface area contributed by atoms with Gasteiger partial charge in [-0.1, -0.05) is 6.07 Å². The van der Waals surface area contributed by atoms with Crippen LogP contribution in [0.5, 0.6) is 0 Å². The van der Waals surface area contributed by atoms with Gasteiger partial charge in [-0.25, -0.2) is 0 Å². The van der Waals surface area contributed by atoms with Crippen LogP contribution in [0, 0.1) is 0 Å². The molecule has 0 unspecified atom stereocenters. The highest BCUT2D eigenvalue weighted by Gasteiger charge is 2.02. The van der Waals surface area contributed by atoms with Gasteiger partial charge in [0.15, 0.2) is 0 Å². The number of pyridine rings is 1. The van der Waals surface area contributed by atoms with Gasteiger partial charge in [0.2, 0.25) is 0 Å². The number of alkyl halides is 1. The highest BCUT2D eigenvalue weighted by molar-refractivity contribution is 6.18. The lowest BCUT2D eigenvalue weighted by Gasteiger charge is -1.97. The first-order chi connectivity index (χ1) is 5.34. The summed E-state index contributed by atoms with van der Waals surface area (Å²) in [5.74, 6) is -0.249. The molecule has 1 heterocycles. The van der Waals surface area contributed by atoms with Gasteiger partial charge in [-0.2, -0.15) is 0 Å². The van der Waals surface area contributed by atoms with Crippen LogP contribution < -0.4 is 5.32 Å². The molecular formula is C7H7ClN2O. The Labute approximate surface area is 69.4 Å². The van der Waals surface area contributed by atoms with Crippen LogP contribution in [0.4, 0.5) is 0 Å². The smallest absolute Gasteiger partial charge is 0.270 e. The van der Waals surface area contributed by atoms with E-state index < -0.39 is 0 Å². The third kappa shape index (κ3) is 2.20. The van der Waals surface area contributed by atoms with E-state index in [-0.39, 0.29) is 11.9 Å². The van der Waals surface area contributed by atoms with E-state index in [1.165, 1.54) is 0 Å². The first-order valence-electron chi connectivity index (χ1n) is 3.10. The Morgan fingerprint density at radius 3 is 3.00 bits per heavy atom.